The Bertz CT molecular complexity index is 296. The van der Waals surface area contributed by atoms with E-state index >= 15 is 0 Å². The van der Waals surface area contributed by atoms with Gasteiger partial charge in [0.25, 0.3) is 0 Å². The van der Waals surface area contributed by atoms with Crippen LogP contribution in [0.4, 0.5) is 5.88 Å². The molecule has 0 saturated heterocycles. The Morgan fingerprint density at radius 1 is 1.69 bits per heavy atom. The molecule has 0 amide bonds. The van der Waals surface area contributed by atoms with Crippen molar-refractivity contribution in [1.82, 2.24) is 0 Å². The summed E-state index contributed by atoms with van der Waals surface area (Å²) in [6, 6.07) is 2.20. The molecule has 0 aliphatic carbocycles. The molecule has 0 aromatic carbocycles. The van der Waals surface area contributed by atoms with Gasteiger partial charge in [0.05, 0.1) is 12.1 Å². The van der Waals surface area contributed by atoms with Crippen LogP contribution in [0.15, 0.2) is 16.5 Å². The number of hydrogen-bond acceptors (Lipinski definition) is 5. The number of aliphatic hydroxyl groups excluding tert-OH is 1. The lowest BCUT2D eigenvalue weighted by atomic mass is 10.2. The molecule has 0 radical (unpaired) electrons. The number of nitrogens with two attached hydrogens (primary N) is 1. The molecule has 1 aromatic heterocycles. The lowest BCUT2D eigenvalue weighted by Crippen LogP contribution is -2.10. The van der Waals surface area contributed by atoms with E-state index in [0.717, 1.165) is 0 Å². The van der Waals surface area contributed by atoms with Crippen molar-refractivity contribution in [2.45, 2.75) is 12.5 Å². The Morgan fingerprint density at radius 2 is 2.38 bits per heavy atom. The van der Waals surface area contributed by atoms with Crippen LogP contribution < -0.4 is 5.73 Å². The van der Waals surface area contributed by atoms with Gasteiger partial charge in [-0.25, -0.2) is 0 Å². The van der Waals surface area contributed by atoms with Crippen molar-refractivity contribution in [3.8, 4) is 0 Å². The van der Waals surface area contributed by atoms with E-state index in [2.05, 4.69) is 0 Å². The van der Waals surface area contributed by atoms with Crippen molar-refractivity contribution in [3.05, 3.63) is 28.0 Å². The maximum absolute atomic E-state index is 10.2. The standard InChI is InChI=1S/C7H10N2O4/c8-5(3-4-10)6-1-2-7(13-6)9(11)12/h1-2,5,10H,3-4,8H2/t5-/m0/s1. The molecular formula is C7H10N2O4. The topological polar surface area (TPSA) is 103 Å². The minimum atomic E-state index is -0.630. The van der Waals surface area contributed by atoms with E-state index in [1.54, 1.807) is 0 Å². The van der Waals surface area contributed by atoms with E-state index in [0.29, 0.717) is 12.2 Å². The largest absolute Gasteiger partial charge is 0.433 e. The first-order chi connectivity index (χ1) is 6.15. The van der Waals surface area contributed by atoms with Gasteiger partial charge in [0, 0.05) is 6.61 Å². The van der Waals surface area contributed by atoms with Crippen LogP contribution in [0.25, 0.3) is 0 Å². The summed E-state index contributed by atoms with van der Waals surface area (Å²) in [6.45, 7) is -0.0737. The second-order valence-corrected chi connectivity index (χ2v) is 2.55. The van der Waals surface area contributed by atoms with Gasteiger partial charge in [0.1, 0.15) is 10.7 Å². The number of rotatable bonds is 4. The third-order valence-electron chi connectivity index (χ3n) is 1.60. The van der Waals surface area contributed by atoms with Crippen LogP contribution in [0, 0.1) is 10.1 Å². The fraction of sp³-hybridized carbons (Fsp3) is 0.429. The van der Waals surface area contributed by atoms with Crippen molar-refractivity contribution in [3.63, 3.8) is 0 Å². The summed E-state index contributed by atoms with van der Waals surface area (Å²) in [7, 11) is 0. The van der Waals surface area contributed by atoms with Crippen LogP contribution in [0.1, 0.15) is 18.2 Å². The quantitative estimate of drug-likeness (QED) is 0.528. The van der Waals surface area contributed by atoms with E-state index < -0.39 is 11.0 Å². The van der Waals surface area contributed by atoms with Gasteiger partial charge in [0.15, 0.2) is 0 Å². The molecule has 0 spiro atoms. The fourth-order valence-electron chi connectivity index (χ4n) is 0.921. The maximum atomic E-state index is 10.2. The summed E-state index contributed by atoms with van der Waals surface area (Å²) >= 11 is 0. The number of aliphatic hydroxyl groups is 1. The molecule has 3 N–H and O–H groups in total. The lowest BCUT2D eigenvalue weighted by molar-refractivity contribution is -0.402. The Balaban J connectivity index is 2.73. The highest BCUT2D eigenvalue weighted by Gasteiger charge is 2.15. The van der Waals surface area contributed by atoms with Crippen molar-refractivity contribution in [2.24, 2.45) is 5.73 Å². The molecule has 1 aromatic rings. The lowest BCUT2D eigenvalue weighted by Gasteiger charge is -2.03. The summed E-state index contributed by atoms with van der Waals surface area (Å²) in [5.41, 5.74) is 5.54. The molecule has 6 nitrogen and oxygen atoms in total. The third-order valence-corrected chi connectivity index (χ3v) is 1.60. The van der Waals surface area contributed by atoms with E-state index in [1.807, 2.05) is 0 Å². The van der Waals surface area contributed by atoms with E-state index in [4.69, 9.17) is 15.3 Å². The summed E-state index contributed by atoms with van der Waals surface area (Å²) < 4.78 is 4.82. The molecule has 1 heterocycles. The van der Waals surface area contributed by atoms with Gasteiger partial charge in [-0.15, -0.1) is 0 Å². The van der Waals surface area contributed by atoms with Gasteiger partial charge in [-0.3, -0.25) is 10.1 Å². The predicted octanol–water partition coefficient (Wildman–Crippen LogP) is 0.570. The smallest absolute Gasteiger partial charge is 0.404 e. The zero-order chi connectivity index (χ0) is 9.84. The molecule has 0 bridgehead atoms. The monoisotopic (exact) mass is 186 g/mol. The van der Waals surface area contributed by atoms with E-state index in [-0.39, 0.29) is 12.5 Å². The van der Waals surface area contributed by atoms with Crippen LogP contribution in [-0.4, -0.2) is 16.6 Å². The van der Waals surface area contributed by atoms with Gasteiger partial charge in [-0.05, 0) is 12.5 Å². The summed E-state index contributed by atoms with van der Waals surface area (Å²) in [5, 5.41) is 18.8. The van der Waals surface area contributed by atoms with Crippen molar-refractivity contribution in [2.75, 3.05) is 6.61 Å². The Hall–Kier alpha value is -1.40. The van der Waals surface area contributed by atoms with E-state index in [1.165, 1.54) is 12.1 Å². The minimum Gasteiger partial charge on any atom is -0.404 e. The molecule has 72 valence electrons. The van der Waals surface area contributed by atoms with Crippen LogP contribution in [0.2, 0.25) is 0 Å². The van der Waals surface area contributed by atoms with Gasteiger partial charge in [0.2, 0.25) is 0 Å². The molecule has 0 saturated carbocycles. The van der Waals surface area contributed by atoms with Crippen LogP contribution in [-0.2, 0) is 0 Å². The summed E-state index contributed by atoms with van der Waals surface area (Å²) in [5.74, 6) is -0.0101. The fourth-order valence-corrected chi connectivity index (χ4v) is 0.921. The molecule has 0 fully saturated rings. The summed E-state index contributed by atoms with van der Waals surface area (Å²) in [6.07, 6.45) is 0.324. The molecular weight excluding hydrogens is 176 g/mol. The highest BCUT2D eigenvalue weighted by atomic mass is 16.6. The zero-order valence-electron chi connectivity index (χ0n) is 6.84. The molecule has 0 unspecified atom stereocenters. The highest BCUT2D eigenvalue weighted by Crippen LogP contribution is 2.21. The number of nitrogens with zero attached hydrogens (tertiary/aromatic N) is 1. The number of nitro groups is 1. The van der Waals surface area contributed by atoms with Crippen LogP contribution in [0.3, 0.4) is 0 Å². The normalized spacial score (nSPS) is 12.8. The molecule has 6 heteroatoms. The second kappa shape index (κ2) is 4.01. The van der Waals surface area contributed by atoms with Gasteiger partial charge in [-0.1, -0.05) is 0 Å². The maximum Gasteiger partial charge on any atom is 0.433 e. The molecule has 1 rings (SSSR count). The third kappa shape index (κ3) is 2.27. The summed E-state index contributed by atoms with van der Waals surface area (Å²) in [4.78, 5) is 9.59. The van der Waals surface area contributed by atoms with Crippen molar-refractivity contribution < 1.29 is 14.4 Å². The van der Waals surface area contributed by atoms with Crippen molar-refractivity contribution >= 4 is 5.88 Å². The Labute approximate surface area is 74.1 Å². The first-order valence-electron chi connectivity index (χ1n) is 3.75. The zero-order valence-corrected chi connectivity index (χ0v) is 6.84. The number of hydrogen-bond donors (Lipinski definition) is 2. The number of furan rings is 1. The highest BCUT2D eigenvalue weighted by molar-refractivity contribution is 5.19. The van der Waals surface area contributed by atoms with Gasteiger partial charge in [-0.2, -0.15) is 0 Å². The van der Waals surface area contributed by atoms with Gasteiger partial charge >= 0.3 is 5.88 Å². The molecule has 0 aliphatic rings. The predicted molar refractivity (Wildman–Crippen MR) is 44.0 cm³/mol. The van der Waals surface area contributed by atoms with Crippen molar-refractivity contribution in [1.29, 1.82) is 0 Å². The first kappa shape index (κ1) is 9.69. The first-order valence-corrected chi connectivity index (χ1v) is 3.75. The average Bonchev–Trinajstić information content (AvgIpc) is 2.52. The van der Waals surface area contributed by atoms with Crippen LogP contribution in [0.5, 0.6) is 0 Å². The average molecular weight is 186 g/mol. The Kier molecular flexibility index (Phi) is 2.99. The van der Waals surface area contributed by atoms with Gasteiger partial charge < -0.3 is 15.3 Å². The Morgan fingerprint density at radius 3 is 2.85 bits per heavy atom. The van der Waals surface area contributed by atoms with E-state index in [9.17, 15) is 10.1 Å². The molecule has 0 aliphatic heterocycles. The second-order valence-electron chi connectivity index (χ2n) is 2.55. The minimum absolute atomic E-state index is 0.0737. The molecule has 1 atom stereocenters. The SMILES string of the molecule is N[C@@H](CCO)c1ccc([N+](=O)[O-])o1. The van der Waals surface area contributed by atoms with Crippen LogP contribution >= 0.6 is 0 Å². The molecule has 13 heavy (non-hydrogen) atoms.